The van der Waals surface area contributed by atoms with Gasteiger partial charge in [0, 0.05) is 11.9 Å². The molecule has 1 aliphatic heterocycles. The Morgan fingerprint density at radius 3 is 2.57 bits per heavy atom. The highest BCUT2D eigenvalue weighted by Crippen LogP contribution is 2.34. The molecule has 2 rings (SSSR count). The van der Waals surface area contributed by atoms with Gasteiger partial charge in [-0.15, -0.1) is 0 Å². The summed E-state index contributed by atoms with van der Waals surface area (Å²) in [5.41, 5.74) is 0.182. The predicted molar refractivity (Wildman–Crippen MR) is 83.0 cm³/mol. The Morgan fingerprint density at radius 1 is 1.33 bits per heavy atom. The third-order valence-electron chi connectivity index (χ3n) is 4.24. The number of anilines is 1. The third-order valence-corrected chi connectivity index (χ3v) is 5.35. The number of hydrogen-bond donors (Lipinski definition) is 2. The largest absolute Gasteiger partial charge is 0.326 e. The zero-order valence-electron chi connectivity index (χ0n) is 12.5. The van der Waals surface area contributed by atoms with Crippen LogP contribution in [-0.4, -0.2) is 33.7 Å². The maximum absolute atomic E-state index is 12.6. The lowest BCUT2D eigenvalue weighted by atomic mass is 9.76. The van der Waals surface area contributed by atoms with Crippen LogP contribution in [0.25, 0.3) is 0 Å². The fourth-order valence-corrected chi connectivity index (χ4v) is 3.38. The van der Waals surface area contributed by atoms with Crippen LogP contribution in [0.2, 0.25) is 0 Å². The lowest BCUT2D eigenvalue weighted by molar-refractivity contribution is -0.127. The molecule has 6 heteroatoms. The van der Waals surface area contributed by atoms with E-state index in [1.165, 1.54) is 12.1 Å². The van der Waals surface area contributed by atoms with Gasteiger partial charge in [0.05, 0.1) is 10.3 Å². The second-order valence-corrected chi connectivity index (χ2v) is 7.65. The summed E-state index contributed by atoms with van der Waals surface area (Å²) in [5, 5.41) is 6.15. The van der Waals surface area contributed by atoms with Gasteiger partial charge in [0.25, 0.3) is 0 Å². The monoisotopic (exact) mass is 310 g/mol. The summed E-state index contributed by atoms with van der Waals surface area (Å²) in [7, 11) is -3.27. The first kappa shape index (κ1) is 16.0. The van der Waals surface area contributed by atoms with Crippen LogP contribution in [-0.2, 0) is 14.6 Å². The van der Waals surface area contributed by atoms with Crippen molar-refractivity contribution < 1.29 is 13.2 Å². The fraction of sp³-hybridized carbons (Fsp3) is 0.533. The molecule has 0 spiro atoms. The Hall–Kier alpha value is -1.40. The Labute approximate surface area is 126 Å². The highest BCUT2D eigenvalue weighted by molar-refractivity contribution is 7.90. The topological polar surface area (TPSA) is 75.3 Å². The molecule has 0 bridgehead atoms. The van der Waals surface area contributed by atoms with E-state index in [0.29, 0.717) is 5.69 Å². The molecule has 1 heterocycles. The second-order valence-electron chi connectivity index (χ2n) is 5.64. The molecule has 1 saturated heterocycles. The molecule has 1 aliphatic rings. The number of hydrogen-bond acceptors (Lipinski definition) is 4. The minimum atomic E-state index is -3.27. The quantitative estimate of drug-likeness (QED) is 0.889. The van der Waals surface area contributed by atoms with E-state index in [1.54, 1.807) is 12.1 Å². The molecule has 0 atom stereocenters. The maximum atomic E-state index is 12.6. The summed E-state index contributed by atoms with van der Waals surface area (Å²) in [6, 6.07) is 6.41. The molecule has 1 amide bonds. The maximum Gasteiger partial charge on any atom is 0.230 e. The summed E-state index contributed by atoms with van der Waals surface area (Å²) in [6.07, 6.45) is 3.56. The van der Waals surface area contributed by atoms with Crippen LogP contribution in [0, 0.1) is 5.41 Å². The van der Waals surface area contributed by atoms with E-state index in [-0.39, 0.29) is 16.2 Å². The Bertz CT molecular complexity index is 620. The molecule has 1 fully saturated rings. The molecule has 0 unspecified atom stereocenters. The molecular weight excluding hydrogens is 288 g/mol. The van der Waals surface area contributed by atoms with E-state index in [9.17, 15) is 13.2 Å². The minimum absolute atomic E-state index is 0.0165. The first-order valence-electron chi connectivity index (χ1n) is 7.20. The van der Waals surface area contributed by atoms with Gasteiger partial charge in [-0.3, -0.25) is 4.79 Å². The van der Waals surface area contributed by atoms with E-state index in [2.05, 4.69) is 10.6 Å². The summed E-state index contributed by atoms with van der Waals surface area (Å²) >= 11 is 0. The van der Waals surface area contributed by atoms with Gasteiger partial charge in [-0.2, -0.15) is 0 Å². The van der Waals surface area contributed by atoms with Gasteiger partial charge in [0.2, 0.25) is 5.91 Å². The lowest BCUT2D eigenvalue weighted by Gasteiger charge is -2.35. The molecule has 21 heavy (non-hydrogen) atoms. The molecular formula is C15H22N2O3S. The molecule has 5 nitrogen and oxygen atoms in total. The Morgan fingerprint density at radius 2 is 2.00 bits per heavy atom. The van der Waals surface area contributed by atoms with Crippen LogP contribution >= 0.6 is 0 Å². The molecule has 2 N–H and O–H groups in total. The number of benzene rings is 1. The van der Waals surface area contributed by atoms with Crippen LogP contribution in [0.3, 0.4) is 0 Å². The van der Waals surface area contributed by atoms with Crippen LogP contribution in [0.5, 0.6) is 0 Å². The van der Waals surface area contributed by atoms with E-state index in [4.69, 9.17) is 0 Å². The highest BCUT2D eigenvalue weighted by Gasteiger charge is 2.37. The van der Waals surface area contributed by atoms with Crippen molar-refractivity contribution in [3.63, 3.8) is 0 Å². The van der Waals surface area contributed by atoms with E-state index in [1.807, 2.05) is 6.92 Å². The van der Waals surface area contributed by atoms with Gasteiger partial charge in [0.15, 0.2) is 9.84 Å². The Balaban J connectivity index is 2.19. The molecule has 0 saturated carbocycles. The van der Waals surface area contributed by atoms with Crippen molar-refractivity contribution in [2.45, 2.75) is 31.1 Å². The van der Waals surface area contributed by atoms with Crippen molar-refractivity contribution in [3.05, 3.63) is 24.3 Å². The summed E-state index contributed by atoms with van der Waals surface area (Å²) in [5.74, 6) is -0.0165. The number of piperidine rings is 1. The van der Waals surface area contributed by atoms with Gasteiger partial charge in [-0.25, -0.2) is 8.42 Å². The first-order chi connectivity index (χ1) is 9.87. The van der Waals surface area contributed by atoms with Crippen molar-refractivity contribution in [2.24, 2.45) is 5.41 Å². The van der Waals surface area contributed by atoms with Gasteiger partial charge in [-0.05, 0) is 50.6 Å². The van der Waals surface area contributed by atoms with E-state index in [0.717, 1.165) is 38.6 Å². The third kappa shape index (κ3) is 3.63. The number of nitrogens with one attached hydrogen (secondary N) is 2. The number of carbonyl (C=O) groups excluding carboxylic acids is 1. The normalized spacial score (nSPS) is 18.2. The van der Waals surface area contributed by atoms with Gasteiger partial charge < -0.3 is 10.6 Å². The molecule has 0 aromatic heterocycles. The zero-order chi connectivity index (χ0) is 15.5. The fourth-order valence-electron chi connectivity index (χ4n) is 2.71. The van der Waals surface area contributed by atoms with Crippen LogP contribution in [0.4, 0.5) is 5.69 Å². The standard InChI is InChI=1S/C15H22N2O3S/c1-3-15(7-9-16-10-8-15)14(18)17-12-5-4-6-13(11-12)21(2,19)20/h4-6,11,16H,3,7-10H2,1-2H3,(H,17,18). The number of sulfone groups is 1. The van der Waals surface area contributed by atoms with E-state index >= 15 is 0 Å². The van der Waals surface area contributed by atoms with Crippen molar-refractivity contribution in [2.75, 3.05) is 24.7 Å². The van der Waals surface area contributed by atoms with Crippen molar-refractivity contribution >= 4 is 21.4 Å². The average molecular weight is 310 g/mol. The predicted octanol–water partition coefficient (Wildman–Crippen LogP) is 1.81. The Kier molecular flexibility index (Phi) is 4.68. The van der Waals surface area contributed by atoms with Crippen LogP contribution in [0.15, 0.2) is 29.2 Å². The summed E-state index contributed by atoms with van der Waals surface area (Å²) in [4.78, 5) is 12.8. The first-order valence-corrected chi connectivity index (χ1v) is 9.09. The molecule has 0 radical (unpaired) electrons. The lowest BCUT2D eigenvalue weighted by Crippen LogP contribution is -2.44. The highest BCUT2D eigenvalue weighted by atomic mass is 32.2. The molecule has 0 aliphatic carbocycles. The molecule has 1 aromatic rings. The van der Waals surface area contributed by atoms with Crippen molar-refractivity contribution in [1.82, 2.24) is 5.32 Å². The van der Waals surface area contributed by atoms with Crippen LogP contribution < -0.4 is 10.6 Å². The molecule has 116 valence electrons. The number of carbonyl (C=O) groups is 1. The smallest absolute Gasteiger partial charge is 0.230 e. The van der Waals surface area contributed by atoms with Crippen molar-refractivity contribution in [3.8, 4) is 0 Å². The van der Waals surface area contributed by atoms with Crippen LogP contribution in [0.1, 0.15) is 26.2 Å². The molecule has 1 aromatic carbocycles. The average Bonchev–Trinajstić information content (AvgIpc) is 2.47. The van der Waals surface area contributed by atoms with E-state index < -0.39 is 9.84 Å². The number of amides is 1. The SMILES string of the molecule is CCC1(C(=O)Nc2cccc(S(C)(=O)=O)c2)CCNCC1. The zero-order valence-corrected chi connectivity index (χ0v) is 13.3. The number of rotatable bonds is 4. The summed E-state index contributed by atoms with van der Waals surface area (Å²) < 4.78 is 23.1. The van der Waals surface area contributed by atoms with Gasteiger partial charge in [0.1, 0.15) is 0 Å². The van der Waals surface area contributed by atoms with Gasteiger partial charge in [-0.1, -0.05) is 13.0 Å². The van der Waals surface area contributed by atoms with Crippen molar-refractivity contribution in [1.29, 1.82) is 0 Å². The second kappa shape index (κ2) is 6.15. The summed E-state index contributed by atoms with van der Waals surface area (Å²) in [6.45, 7) is 3.70. The minimum Gasteiger partial charge on any atom is -0.326 e. The van der Waals surface area contributed by atoms with Gasteiger partial charge >= 0.3 is 0 Å².